The van der Waals surface area contributed by atoms with Gasteiger partial charge in [-0.15, -0.1) is 0 Å². The molecular weight excluding hydrogens is 306 g/mol. The minimum absolute atomic E-state index is 0.0813. The Morgan fingerprint density at radius 2 is 2.21 bits per heavy atom. The average molecular weight is 331 g/mol. The molecular formula is C18H25N3O3. The van der Waals surface area contributed by atoms with E-state index in [1.165, 1.54) is 0 Å². The molecule has 2 atom stereocenters. The Balaban J connectivity index is 1.90. The van der Waals surface area contributed by atoms with Crippen LogP contribution >= 0.6 is 0 Å². The molecule has 2 aliphatic heterocycles. The third-order valence-electron chi connectivity index (χ3n) is 5.06. The summed E-state index contributed by atoms with van der Waals surface area (Å²) in [7, 11) is 0. The van der Waals surface area contributed by atoms with Crippen LogP contribution in [0, 0.1) is 22.0 Å². The van der Waals surface area contributed by atoms with Gasteiger partial charge >= 0.3 is 0 Å². The molecule has 0 saturated carbocycles. The van der Waals surface area contributed by atoms with E-state index in [0.29, 0.717) is 18.9 Å². The largest absolute Gasteiger partial charge is 0.368 e. The van der Waals surface area contributed by atoms with Gasteiger partial charge in [-0.05, 0) is 43.2 Å². The number of hydrogen-bond acceptors (Lipinski definition) is 4. The van der Waals surface area contributed by atoms with Crippen LogP contribution in [0.4, 0.5) is 11.4 Å². The minimum atomic E-state index is -0.365. The van der Waals surface area contributed by atoms with Gasteiger partial charge in [0.05, 0.1) is 10.8 Å². The number of nitro benzene ring substituents is 1. The van der Waals surface area contributed by atoms with Crippen molar-refractivity contribution in [1.29, 1.82) is 0 Å². The molecule has 0 aromatic heterocycles. The summed E-state index contributed by atoms with van der Waals surface area (Å²) in [6.07, 6.45) is 3.84. The predicted octanol–water partition coefficient (Wildman–Crippen LogP) is 2.90. The normalized spacial score (nSPS) is 22.7. The molecule has 1 N–H and O–H groups in total. The number of nitrogens with one attached hydrogen (secondary N) is 1. The van der Waals surface area contributed by atoms with Crippen molar-refractivity contribution < 1.29 is 9.72 Å². The maximum atomic E-state index is 12.7. The van der Waals surface area contributed by atoms with Crippen LogP contribution in [0.15, 0.2) is 18.2 Å². The van der Waals surface area contributed by atoms with E-state index in [2.05, 4.69) is 24.1 Å². The Bertz CT molecular complexity index is 644. The van der Waals surface area contributed by atoms with Crippen LogP contribution in [0.3, 0.4) is 0 Å². The standard InChI is InChI=1S/C18H25N3O3/c1-12(2)11-19-18(22)15-10-13-9-14(21(23)24)6-7-16(13)20-8-4-3-5-17(15)20/h6-7,9,12,15,17H,3-5,8,10-11H2,1-2H3,(H,19,22)/t15-,17+/m1/s1. The number of amides is 1. The number of carbonyl (C=O) groups excluding carboxylic acids is 1. The third kappa shape index (κ3) is 3.23. The van der Waals surface area contributed by atoms with Crippen molar-refractivity contribution in [2.24, 2.45) is 11.8 Å². The first-order valence-electron chi connectivity index (χ1n) is 8.79. The number of carbonyl (C=O) groups is 1. The van der Waals surface area contributed by atoms with Crippen LogP contribution in [0.5, 0.6) is 0 Å². The molecule has 0 radical (unpaired) electrons. The highest BCUT2D eigenvalue weighted by molar-refractivity contribution is 5.82. The molecule has 6 heteroatoms. The van der Waals surface area contributed by atoms with E-state index in [1.807, 2.05) is 6.07 Å². The van der Waals surface area contributed by atoms with E-state index in [4.69, 9.17) is 0 Å². The fraction of sp³-hybridized carbons (Fsp3) is 0.611. The van der Waals surface area contributed by atoms with Gasteiger partial charge in [-0.25, -0.2) is 0 Å². The van der Waals surface area contributed by atoms with Crippen molar-refractivity contribution in [1.82, 2.24) is 5.32 Å². The molecule has 130 valence electrons. The third-order valence-corrected chi connectivity index (χ3v) is 5.06. The Labute approximate surface area is 142 Å². The van der Waals surface area contributed by atoms with Crippen LogP contribution in [-0.4, -0.2) is 30.0 Å². The average Bonchev–Trinajstić information content (AvgIpc) is 2.58. The maximum absolute atomic E-state index is 12.7. The summed E-state index contributed by atoms with van der Waals surface area (Å²) in [6.45, 7) is 5.74. The minimum Gasteiger partial charge on any atom is -0.368 e. The number of benzene rings is 1. The van der Waals surface area contributed by atoms with Crippen molar-refractivity contribution in [3.8, 4) is 0 Å². The van der Waals surface area contributed by atoms with Crippen molar-refractivity contribution in [2.45, 2.75) is 45.6 Å². The van der Waals surface area contributed by atoms with Crippen LogP contribution in [0.25, 0.3) is 0 Å². The Kier molecular flexibility index (Phi) is 4.73. The summed E-state index contributed by atoms with van der Waals surface area (Å²) in [5, 5.41) is 14.1. The zero-order valence-corrected chi connectivity index (χ0v) is 14.3. The first-order valence-corrected chi connectivity index (χ1v) is 8.79. The lowest BCUT2D eigenvalue weighted by Gasteiger charge is -2.46. The summed E-state index contributed by atoms with van der Waals surface area (Å²) in [5.74, 6) is 0.365. The molecule has 0 bridgehead atoms. The highest BCUT2D eigenvalue weighted by atomic mass is 16.6. The first kappa shape index (κ1) is 16.7. The van der Waals surface area contributed by atoms with Crippen LogP contribution in [0.2, 0.25) is 0 Å². The smallest absolute Gasteiger partial charge is 0.269 e. The monoisotopic (exact) mass is 331 g/mol. The van der Waals surface area contributed by atoms with Gasteiger partial charge in [0.15, 0.2) is 0 Å². The van der Waals surface area contributed by atoms with Gasteiger partial charge in [-0.2, -0.15) is 0 Å². The van der Waals surface area contributed by atoms with E-state index in [1.54, 1.807) is 12.1 Å². The topological polar surface area (TPSA) is 75.5 Å². The number of non-ortho nitro benzene ring substituents is 1. The van der Waals surface area contributed by atoms with Gasteiger partial charge < -0.3 is 10.2 Å². The van der Waals surface area contributed by atoms with Crippen LogP contribution in [-0.2, 0) is 11.2 Å². The van der Waals surface area contributed by atoms with Gasteiger partial charge in [-0.1, -0.05) is 13.8 Å². The van der Waals surface area contributed by atoms with Crippen LogP contribution < -0.4 is 10.2 Å². The molecule has 0 spiro atoms. The molecule has 1 aromatic carbocycles. The molecule has 3 rings (SSSR count). The van der Waals surface area contributed by atoms with E-state index < -0.39 is 0 Å². The van der Waals surface area contributed by atoms with Crippen molar-refractivity contribution in [3.63, 3.8) is 0 Å². The molecule has 6 nitrogen and oxygen atoms in total. The lowest BCUT2D eigenvalue weighted by Crippen LogP contribution is -2.53. The summed E-state index contributed by atoms with van der Waals surface area (Å²) in [5.41, 5.74) is 2.09. The predicted molar refractivity (Wildman–Crippen MR) is 93.1 cm³/mol. The highest BCUT2D eigenvalue weighted by Gasteiger charge is 2.39. The van der Waals surface area contributed by atoms with Crippen LogP contribution in [0.1, 0.15) is 38.7 Å². The van der Waals surface area contributed by atoms with Crippen molar-refractivity contribution >= 4 is 17.3 Å². The van der Waals surface area contributed by atoms with E-state index in [9.17, 15) is 14.9 Å². The zero-order chi connectivity index (χ0) is 17.3. The molecule has 1 saturated heterocycles. The highest BCUT2D eigenvalue weighted by Crippen LogP contribution is 2.39. The van der Waals surface area contributed by atoms with Gasteiger partial charge in [0.2, 0.25) is 5.91 Å². The zero-order valence-electron chi connectivity index (χ0n) is 14.3. The number of hydrogen-bond donors (Lipinski definition) is 1. The molecule has 1 fully saturated rings. The molecule has 24 heavy (non-hydrogen) atoms. The first-order chi connectivity index (χ1) is 11.5. The Hall–Kier alpha value is -2.11. The fourth-order valence-corrected chi connectivity index (χ4v) is 3.88. The number of rotatable bonds is 4. The molecule has 1 amide bonds. The number of nitro groups is 1. The molecule has 0 unspecified atom stereocenters. The molecule has 1 aromatic rings. The Morgan fingerprint density at radius 3 is 2.92 bits per heavy atom. The number of nitrogens with zero attached hydrogens (tertiary/aromatic N) is 2. The van der Waals surface area contributed by atoms with Crippen molar-refractivity contribution in [3.05, 3.63) is 33.9 Å². The molecule has 0 aliphatic carbocycles. The summed E-state index contributed by atoms with van der Waals surface area (Å²) in [4.78, 5) is 25.7. The molecule has 2 aliphatic rings. The van der Waals surface area contributed by atoms with E-state index in [0.717, 1.165) is 37.1 Å². The van der Waals surface area contributed by atoms with E-state index in [-0.39, 0.29) is 28.5 Å². The second-order valence-electron chi connectivity index (χ2n) is 7.28. The summed E-state index contributed by atoms with van der Waals surface area (Å²) >= 11 is 0. The lowest BCUT2D eigenvalue weighted by atomic mass is 9.80. The van der Waals surface area contributed by atoms with Gasteiger partial charge in [0.25, 0.3) is 5.69 Å². The molecule has 2 heterocycles. The number of anilines is 1. The summed E-state index contributed by atoms with van der Waals surface area (Å²) in [6, 6.07) is 5.28. The fourth-order valence-electron chi connectivity index (χ4n) is 3.88. The number of piperidine rings is 1. The number of fused-ring (bicyclic) bond motifs is 3. The van der Waals surface area contributed by atoms with Gasteiger partial charge in [0.1, 0.15) is 0 Å². The van der Waals surface area contributed by atoms with E-state index >= 15 is 0 Å². The summed E-state index contributed by atoms with van der Waals surface area (Å²) < 4.78 is 0. The van der Waals surface area contributed by atoms with Gasteiger partial charge in [-0.3, -0.25) is 14.9 Å². The lowest BCUT2D eigenvalue weighted by molar-refractivity contribution is -0.384. The maximum Gasteiger partial charge on any atom is 0.269 e. The quantitative estimate of drug-likeness (QED) is 0.680. The second kappa shape index (κ2) is 6.79. The van der Waals surface area contributed by atoms with Crippen molar-refractivity contribution in [2.75, 3.05) is 18.0 Å². The Morgan fingerprint density at radius 1 is 1.42 bits per heavy atom. The van der Waals surface area contributed by atoms with Gasteiger partial charge in [0, 0.05) is 37.0 Å². The second-order valence-corrected chi connectivity index (χ2v) is 7.28. The SMILES string of the molecule is CC(C)CNC(=O)[C@@H]1Cc2cc([N+](=O)[O-])ccc2N2CCCC[C@@H]12.